The maximum Gasteiger partial charge on any atom is 0.145 e. The van der Waals surface area contributed by atoms with Crippen molar-refractivity contribution in [3.63, 3.8) is 0 Å². The van der Waals surface area contributed by atoms with Gasteiger partial charge in [0, 0.05) is 6.42 Å². The molecule has 1 aromatic carbocycles. The normalized spacial score (nSPS) is 40.3. The number of hydrogen-bond acceptors (Lipinski definition) is 1. The van der Waals surface area contributed by atoms with Crippen molar-refractivity contribution in [1.29, 1.82) is 0 Å². The van der Waals surface area contributed by atoms with Gasteiger partial charge in [-0.25, -0.2) is 4.39 Å². The second-order valence-corrected chi connectivity index (χ2v) is 6.96. The molecule has 0 saturated heterocycles. The maximum absolute atomic E-state index is 13.9. The molecule has 1 nitrogen and oxygen atoms in total. The molecule has 3 aliphatic carbocycles. The molecule has 0 spiro atoms. The van der Waals surface area contributed by atoms with Gasteiger partial charge in [-0.1, -0.05) is 23.7 Å². The largest absolute Gasteiger partial charge is 0.392 e. The Morgan fingerprint density at radius 1 is 1.26 bits per heavy atom. The van der Waals surface area contributed by atoms with E-state index in [9.17, 15) is 9.50 Å². The Kier molecular flexibility index (Phi) is 2.69. The third-order valence-corrected chi connectivity index (χ3v) is 5.99. The fraction of sp³-hybridized carbons (Fsp3) is 0.625. The minimum Gasteiger partial charge on any atom is -0.392 e. The molecule has 3 saturated carbocycles. The summed E-state index contributed by atoms with van der Waals surface area (Å²) in [6, 6.07) is 5.04. The highest BCUT2D eigenvalue weighted by molar-refractivity contribution is 6.30. The average molecular weight is 281 g/mol. The number of fused-ring (bicyclic) bond motifs is 5. The van der Waals surface area contributed by atoms with Crippen LogP contribution in [0, 0.1) is 35.4 Å². The van der Waals surface area contributed by atoms with Crippen LogP contribution >= 0.6 is 11.6 Å². The van der Waals surface area contributed by atoms with Crippen LogP contribution in [0.1, 0.15) is 24.8 Å². The van der Waals surface area contributed by atoms with Crippen LogP contribution in [0.25, 0.3) is 0 Å². The molecule has 19 heavy (non-hydrogen) atoms. The van der Waals surface area contributed by atoms with Crippen LogP contribution in [0.4, 0.5) is 4.39 Å². The van der Waals surface area contributed by atoms with Crippen LogP contribution in [0.2, 0.25) is 5.02 Å². The molecule has 5 atom stereocenters. The van der Waals surface area contributed by atoms with Crippen molar-refractivity contribution < 1.29 is 9.50 Å². The monoisotopic (exact) mass is 280 g/mol. The van der Waals surface area contributed by atoms with Crippen LogP contribution < -0.4 is 0 Å². The van der Waals surface area contributed by atoms with Gasteiger partial charge in [-0.2, -0.15) is 0 Å². The molecule has 2 bridgehead atoms. The SMILES string of the molecule is OC(Cc1cccc(Cl)c1F)C1C2C3CCC(C3)C12. The van der Waals surface area contributed by atoms with Gasteiger partial charge in [0.15, 0.2) is 0 Å². The molecule has 5 unspecified atom stereocenters. The van der Waals surface area contributed by atoms with Gasteiger partial charge in [-0.15, -0.1) is 0 Å². The molecule has 1 N–H and O–H groups in total. The van der Waals surface area contributed by atoms with E-state index in [1.807, 2.05) is 0 Å². The molecular formula is C16H18ClFO. The fourth-order valence-corrected chi connectivity index (χ4v) is 5.17. The average Bonchev–Trinajstić information content (AvgIpc) is 2.84. The topological polar surface area (TPSA) is 20.2 Å². The van der Waals surface area contributed by atoms with Crippen molar-refractivity contribution in [2.24, 2.45) is 29.6 Å². The van der Waals surface area contributed by atoms with Crippen molar-refractivity contribution in [3.05, 3.63) is 34.6 Å². The first-order valence-corrected chi connectivity index (χ1v) is 7.65. The highest BCUT2D eigenvalue weighted by Gasteiger charge is 2.66. The fourth-order valence-electron chi connectivity index (χ4n) is 4.97. The van der Waals surface area contributed by atoms with Crippen LogP contribution in [-0.4, -0.2) is 11.2 Å². The minimum atomic E-state index is -0.397. The lowest BCUT2D eigenvalue weighted by atomic mass is 9.95. The second-order valence-electron chi connectivity index (χ2n) is 6.55. The van der Waals surface area contributed by atoms with E-state index >= 15 is 0 Å². The lowest BCUT2D eigenvalue weighted by molar-refractivity contribution is 0.128. The molecular weight excluding hydrogens is 263 g/mol. The summed E-state index contributed by atoms with van der Waals surface area (Å²) in [4.78, 5) is 0. The summed E-state index contributed by atoms with van der Waals surface area (Å²) in [7, 11) is 0. The van der Waals surface area contributed by atoms with Gasteiger partial charge >= 0.3 is 0 Å². The first kappa shape index (κ1) is 12.2. The highest BCUT2D eigenvalue weighted by Crippen LogP contribution is 2.70. The molecule has 1 aromatic rings. The lowest BCUT2D eigenvalue weighted by Crippen LogP contribution is -2.19. The second kappa shape index (κ2) is 4.20. The van der Waals surface area contributed by atoms with E-state index in [0.717, 1.165) is 23.7 Å². The van der Waals surface area contributed by atoms with E-state index in [-0.39, 0.29) is 10.8 Å². The number of rotatable bonds is 3. The van der Waals surface area contributed by atoms with Gasteiger partial charge in [0.25, 0.3) is 0 Å². The zero-order valence-electron chi connectivity index (χ0n) is 10.7. The summed E-state index contributed by atoms with van der Waals surface area (Å²) >= 11 is 5.79. The van der Waals surface area contributed by atoms with Crippen LogP contribution in [-0.2, 0) is 6.42 Å². The molecule has 4 rings (SSSR count). The summed E-state index contributed by atoms with van der Waals surface area (Å²) < 4.78 is 13.9. The Bertz CT molecular complexity index is 501. The molecule has 3 fully saturated rings. The first-order valence-electron chi connectivity index (χ1n) is 7.27. The Labute approximate surface area is 117 Å². The molecule has 3 heteroatoms. The molecule has 102 valence electrons. The molecule has 0 aliphatic heterocycles. The Morgan fingerprint density at radius 2 is 1.95 bits per heavy atom. The summed E-state index contributed by atoms with van der Waals surface area (Å²) in [5, 5.41) is 10.6. The lowest BCUT2D eigenvalue weighted by Gasteiger charge is -2.15. The van der Waals surface area contributed by atoms with Crippen LogP contribution in [0.5, 0.6) is 0 Å². The number of aliphatic hydroxyl groups is 1. The third kappa shape index (κ3) is 1.76. The zero-order valence-corrected chi connectivity index (χ0v) is 11.5. The van der Waals surface area contributed by atoms with Crippen LogP contribution in [0.3, 0.4) is 0 Å². The van der Waals surface area contributed by atoms with Gasteiger partial charge in [0.05, 0.1) is 11.1 Å². The molecule has 0 aromatic heterocycles. The Hall–Kier alpha value is -0.600. The van der Waals surface area contributed by atoms with Crippen molar-refractivity contribution in [2.75, 3.05) is 0 Å². The van der Waals surface area contributed by atoms with E-state index in [4.69, 9.17) is 11.6 Å². The first-order chi connectivity index (χ1) is 9.16. The smallest absolute Gasteiger partial charge is 0.145 e. The van der Waals surface area contributed by atoms with Gasteiger partial charge in [-0.05, 0) is 60.5 Å². The van der Waals surface area contributed by atoms with Gasteiger partial charge < -0.3 is 5.11 Å². The molecule has 0 amide bonds. The van der Waals surface area contributed by atoms with Gasteiger partial charge in [0.2, 0.25) is 0 Å². The maximum atomic E-state index is 13.9. The van der Waals surface area contributed by atoms with Crippen molar-refractivity contribution in [3.8, 4) is 0 Å². The Morgan fingerprint density at radius 3 is 2.63 bits per heavy atom. The number of aliphatic hydroxyl groups excluding tert-OH is 1. The van der Waals surface area contributed by atoms with E-state index in [1.54, 1.807) is 18.2 Å². The number of hydrogen-bond donors (Lipinski definition) is 1. The third-order valence-electron chi connectivity index (χ3n) is 5.70. The molecule has 0 heterocycles. The highest BCUT2D eigenvalue weighted by atomic mass is 35.5. The zero-order chi connectivity index (χ0) is 13.1. The van der Waals surface area contributed by atoms with Crippen LogP contribution in [0.15, 0.2) is 18.2 Å². The Balaban J connectivity index is 1.48. The minimum absolute atomic E-state index is 0.153. The van der Waals surface area contributed by atoms with Crippen molar-refractivity contribution in [1.82, 2.24) is 0 Å². The van der Waals surface area contributed by atoms with Gasteiger partial charge in [-0.3, -0.25) is 0 Å². The van der Waals surface area contributed by atoms with E-state index in [1.165, 1.54) is 19.3 Å². The van der Waals surface area contributed by atoms with E-state index in [0.29, 0.717) is 17.9 Å². The summed E-state index contributed by atoms with van der Waals surface area (Å²) in [6.45, 7) is 0. The van der Waals surface area contributed by atoms with E-state index < -0.39 is 6.10 Å². The summed E-state index contributed by atoms with van der Waals surface area (Å²) in [5.41, 5.74) is 0.553. The summed E-state index contributed by atoms with van der Waals surface area (Å²) in [6.07, 6.45) is 4.08. The quantitative estimate of drug-likeness (QED) is 0.896. The number of benzene rings is 1. The van der Waals surface area contributed by atoms with Gasteiger partial charge in [0.1, 0.15) is 5.82 Å². The molecule has 3 aliphatic rings. The van der Waals surface area contributed by atoms with E-state index in [2.05, 4.69) is 0 Å². The predicted molar refractivity (Wildman–Crippen MR) is 72.4 cm³/mol. The molecule has 0 radical (unpaired) electrons. The summed E-state index contributed by atoms with van der Waals surface area (Å²) in [5.74, 6) is 3.21. The number of halogens is 2. The predicted octanol–water partition coefficient (Wildman–Crippen LogP) is 3.67. The van der Waals surface area contributed by atoms with Crippen molar-refractivity contribution >= 4 is 11.6 Å². The van der Waals surface area contributed by atoms with Crippen molar-refractivity contribution in [2.45, 2.75) is 31.8 Å². The standard InChI is InChI=1S/C16H18ClFO/c17-11-3-1-2-10(16(11)18)7-12(19)15-13-8-4-5-9(6-8)14(13)15/h1-3,8-9,12-15,19H,4-7H2.